The maximum absolute atomic E-state index is 11.0. The molecule has 8 nitrogen and oxygen atoms in total. The van der Waals surface area contributed by atoms with Crippen molar-refractivity contribution in [3.05, 3.63) is 33.4 Å². The molecule has 0 saturated carbocycles. The van der Waals surface area contributed by atoms with Gasteiger partial charge in [-0.05, 0) is 42.5 Å². The van der Waals surface area contributed by atoms with Crippen molar-refractivity contribution in [2.75, 3.05) is 13.2 Å². The third-order valence-electron chi connectivity index (χ3n) is 2.07. The minimum absolute atomic E-state index is 0.352. The quantitative estimate of drug-likeness (QED) is 0.592. The number of hydrogen-bond acceptors (Lipinski definition) is 6. The number of rotatable bonds is 4. The number of carbonyl (C=O) groups excluding carboxylic acids is 2. The highest BCUT2D eigenvalue weighted by atomic mass is 127. The van der Waals surface area contributed by atoms with Gasteiger partial charge in [0.15, 0.2) is 5.69 Å². The van der Waals surface area contributed by atoms with Gasteiger partial charge in [-0.1, -0.05) is 0 Å². The van der Waals surface area contributed by atoms with Gasteiger partial charge in [0.1, 0.15) is 5.69 Å². The highest BCUT2D eigenvalue weighted by Gasteiger charge is 2.11. The van der Waals surface area contributed by atoms with Crippen LogP contribution in [0.15, 0.2) is 18.5 Å². The van der Waals surface area contributed by atoms with Crippen molar-refractivity contribution in [2.24, 2.45) is 0 Å². The standard InChI is InChI=1S/C6H7IN2O2.C6H8N2O2/c1-2-11-6(10)5-4(7)3-8-9-5;1-2-10-6(9)5-3-4-7-8-5/h3H,2H2,1H3,(H,8,9);3-4H,2H2,1H3,(H,7,8). The van der Waals surface area contributed by atoms with Crippen LogP contribution in [-0.2, 0) is 9.47 Å². The van der Waals surface area contributed by atoms with Crippen molar-refractivity contribution in [1.29, 1.82) is 0 Å². The Kier molecular flexibility index (Phi) is 7.43. The number of nitrogens with zero attached hydrogens (tertiary/aromatic N) is 2. The summed E-state index contributed by atoms with van der Waals surface area (Å²) < 4.78 is 10.2. The van der Waals surface area contributed by atoms with Gasteiger partial charge < -0.3 is 9.47 Å². The van der Waals surface area contributed by atoms with Gasteiger partial charge in [-0.3, -0.25) is 10.2 Å². The summed E-state index contributed by atoms with van der Waals surface area (Å²) in [7, 11) is 0. The second kappa shape index (κ2) is 9.10. The molecule has 0 atom stereocenters. The van der Waals surface area contributed by atoms with Crippen LogP contribution in [-0.4, -0.2) is 45.5 Å². The Hall–Kier alpha value is -1.91. The number of ether oxygens (including phenoxy) is 2. The summed E-state index contributed by atoms with van der Waals surface area (Å²) in [5, 5.41) is 12.3. The van der Waals surface area contributed by atoms with Crippen LogP contribution < -0.4 is 0 Å². The summed E-state index contributed by atoms with van der Waals surface area (Å²) in [6.07, 6.45) is 3.08. The largest absolute Gasteiger partial charge is 0.461 e. The average molecular weight is 406 g/mol. The Morgan fingerprint density at radius 1 is 1.14 bits per heavy atom. The molecule has 2 rings (SSSR count). The summed E-state index contributed by atoms with van der Waals surface area (Å²) >= 11 is 2.02. The molecule has 0 fully saturated rings. The van der Waals surface area contributed by atoms with E-state index in [2.05, 4.69) is 25.1 Å². The smallest absolute Gasteiger partial charge is 0.357 e. The first-order chi connectivity index (χ1) is 10.1. The molecule has 2 N–H and O–H groups in total. The molecule has 0 saturated heterocycles. The van der Waals surface area contributed by atoms with E-state index in [1.165, 1.54) is 6.20 Å². The molecule has 0 unspecified atom stereocenters. The zero-order valence-corrected chi connectivity index (χ0v) is 13.7. The van der Waals surface area contributed by atoms with Gasteiger partial charge in [-0.15, -0.1) is 0 Å². The molecule has 2 heterocycles. The number of nitrogens with one attached hydrogen (secondary N) is 2. The van der Waals surface area contributed by atoms with Gasteiger partial charge in [0.2, 0.25) is 0 Å². The van der Waals surface area contributed by atoms with Crippen molar-refractivity contribution in [2.45, 2.75) is 13.8 Å². The summed E-state index contributed by atoms with van der Waals surface area (Å²) in [5.74, 6) is -0.714. The fraction of sp³-hybridized carbons (Fsp3) is 0.333. The van der Waals surface area contributed by atoms with E-state index in [-0.39, 0.29) is 11.9 Å². The first kappa shape index (κ1) is 17.1. The lowest BCUT2D eigenvalue weighted by molar-refractivity contribution is 0.0509. The monoisotopic (exact) mass is 406 g/mol. The average Bonchev–Trinajstić information content (AvgIpc) is 3.11. The zero-order valence-electron chi connectivity index (χ0n) is 11.6. The Labute approximate surface area is 134 Å². The predicted octanol–water partition coefficient (Wildman–Crippen LogP) is 1.78. The Morgan fingerprint density at radius 2 is 1.81 bits per heavy atom. The van der Waals surface area contributed by atoms with E-state index in [1.807, 2.05) is 22.6 Å². The van der Waals surface area contributed by atoms with Crippen LogP contribution >= 0.6 is 22.6 Å². The minimum atomic E-state index is -0.361. The fourth-order valence-electron chi connectivity index (χ4n) is 1.20. The summed E-state index contributed by atoms with van der Waals surface area (Å²) in [5.41, 5.74) is 0.814. The fourth-order valence-corrected chi connectivity index (χ4v) is 1.68. The van der Waals surface area contributed by atoms with Crippen LogP contribution in [0.2, 0.25) is 0 Å². The number of halogens is 1. The molecule has 0 aliphatic heterocycles. The number of aromatic nitrogens is 4. The van der Waals surface area contributed by atoms with Crippen molar-refractivity contribution in [3.63, 3.8) is 0 Å². The maximum Gasteiger partial charge on any atom is 0.357 e. The van der Waals surface area contributed by atoms with Crippen LogP contribution in [0.4, 0.5) is 0 Å². The lowest BCUT2D eigenvalue weighted by Crippen LogP contribution is -2.06. The highest BCUT2D eigenvalue weighted by Crippen LogP contribution is 2.08. The third-order valence-corrected chi connectivity index (χ3v) is 2.89. The molecule has 0 aliphatic carbocycles. The Bertz CT molecular complexity index is 568. The number of hydrogen-bond donors (Lipinski definition) is 2. The van der Waals surface area contributed by atoms with E-state index >= 15 is 0 Å². The van der Waals surface area contributed by atoms with Crippen LogP contribution in [0.3, 0.4) is 0 Å². The maximum atomic E-state index is 11.0. The summed E-state index contributed by atoms with van der Waals surface area (Å²) in [6.45, 7) is 4.29. The molecule has 0 aliphatic rings. The minimum Gasteiger partial charge on any atom is -0.461 e. The number of aromatic amines is 2. The SMILES string of the molecule is CCOC(=O)c1[nH]ncc1I.CCOC(=O)c1ccn[nH]1. The van der Waals surface area contributed by atoms with Gasteiger partial charge in [0.05, 0.1) is 23.0 Å². The Morgan fingerprint density at radius 3 is 2.29 bits per heavy atom. The van der Waals surface area contributed by atoms with Crippen molar-refractivity contribution in [1.82, 2.24) is 20.4 Å². The van der Waals surface area contributed by atoms with Gasteiger partial charge >= 0.3 is 11.9 Å². The van der Waals surface area contributed by atoms with E-state index < -0.39 is 0 Å². The van der Waals surface area contributed by atoms with Gasteiger partial charge in [-0.25, -0.2) is 9.59 Å². The van der Waals surface area contributed by atoms with E-state index in [0.29, 0.717) is 24.6 Å². The molecule has 21 heavy (non-hydrogen) atoms. The normalized spacial score (nSPS) is 9.48. The Balaban J connectivity index is 0.000000211. The van der Waals surface area contributed by atoms with Crippen LogP contribution in [0.25, 0.3) is 0 Å². The lowest BCUT2D eigenvalue weighted by Gasteiger charge is -1.97. The van der Waals surface area contributed by atoms with E-state index in [4.69, 9.17) is 4.74 Å². The van der Waals surface area contributed by atoms with Gasteiger partial charge in [0, 0.05) is 6.20 Å². The second-order valence-electron chi connectivity index (χ2n) is 3.50. The first-order valence-electron chi connectivity index (χ1n) is 6.12. The van der Waals surface area contributed by atoms with Crippen molar-refractivity contribution < 1.29 is 19.1 Å². The van der Waals surface area contributed by atoms with Crippen LogP contribution in [0.1, 0.15) is 34.8 Å². The lowest BCUT2D eigenvalue weighted by atomic mass is 10.4. The molecular formula is C12H15IN4O4. The zero-order chi connectivity index (χ0) is 15.7. The van der Waals surface area contributed by atoms with E-state index in [0.717, 1.165) is 3.57 Å². The molecule has 0 bridgehead atoms. The van der Waals surface area contributed by atoms with E-state index in [1.54, 1.807) is 26.1 Å². The summed E-state index contributed by atoms with van der Waals surface area (Å²) in [6, 6.07) is 1.57. The van der Waals surface area contributed by atoms with Crippen LogP contribution in [0, 0.1) is 3.57 Å². The van der Waals surface area contributed by atoms with Crippen molar-refractivity contribution in [3.8, 4) is 0 Å². The molecule has 0 radical (unpaired) electrons. The number of H-pyrrole nitrogens is 2. The molecular weight excluding hydrogens is 391 g/mol. The number of esters is 2. The third kappa shape index (κ3) is 5.53. The van der Waals surface area contributed by atoms with Gasteiger partial charge in [-0.2, -0.15) is 10.2 Å². The highest BCUT2D eigenvalue weighted by molar-refractivity contribution is 14.1. The molecule has 0 amide bonds. The van der Waals surface area contributed by atoms with Crippen molar-refractivity contribution >= 4 is 34.5 Å². The second-order valence-corrected chi connectivity index (χ2v) is 4.67. The first-order valence-corrected chi connectivity index (χ1v) is 7.20. The molecule has 9 heteroatoms. The van der Waals surface area contributed by atoms with Gasteiger partial charge in [0.25, 0.3) is 0 Å². The van der Waals surface area contributed by atoms with Crippen LogP contribution in [0.5, 0.6) is 0 Å². The molecule has 114 valence electrons. The summed E-state index contributed by atoms with van der Waals surface area (Å²) in [4.78, 5) is 21.8. The topological polar surface area (TPSA) is 110 Å². The molecule has 2 aromatic rings. The number of carbonyl (C=O) groups is 2. The molecule has 0 spiro atoms. The molecule has 0 aromatic carbocycles. The molecule has 2 aromatic heterocycles. The van der Waals surface area contributed by atoms with E-state index in [9.17, 15) is 9.59 Å². The predicted molar refractivity (Wildman–Crippen MR) is 81.8 cm³/mol.